The van der Waals surface area contributed by atoms with Crippen molar-refractivity contribution >= 4 is 29.3 Å². The lowest BCUT2D eigenvalue weighted by atomic mass is 9.89. The van der Waals surface area contributed by atoms with Gasteiger partial charge in [-0.1, -0.05) is 126 Å². The Morgan fingerprint density at radius 2 is 0.929 bits per heavy atom. The summed E-state index contributed by atoms with van der Waals surface area (Å²) < 4.78 is 0. The average molecular weight is 579 g/mol. The Labute approximate surface area is 256 Å². The highest BCUT2D eigenvalue weighted by Crippen LogP contribution is 2.39. The summed E-state index contributed by atoms with van der Waals surface area (Å²) in [7, 11) is 0. The molecular weight excluding hydrogens is 549 g/mol. The van der Waals surface area contributed by atoms with Crippen LogP contribution in [-0.4, -0.2) is 5.78 Å². The maximum atomic E-state index is 13.8. The molecule has 3 heteroatoms. The van der Waals surface area contributed by atoms with E-state index in [4.69, 9.17) is 0 Å². The molecule has 0 bridgehead atoms. The average Bonchev–Trinajstić information content (AvgIpc) is 3.04. The third-order valence-electron chi connectivity index (χ3n) is 7.17. The van der Waals surface area contributed by atoms with Gasteiger partial charge in [0.2, 0.25) is 0 Å². The first-order valence-corrected chi connectivity index (χ1v) is 15.6. The predicted molar refractivity (Wildman–Crippen MR) is 178 cm³/mol. The van der Waals surface area contributed by atoms with E-state index in [2.05, 4.69) is 123 Å². The van der Waals surface area contributed by atoms with Crippen LogP contribution in [0.3, 0.4) is 0 Å². The van der Waals surface area contributed by atoms with E-state index in [1.807, 2.05) is 36.4 Å². The molecule has 0 amide bonds. The molecule has 0 aliphatic carbocycles. The number of rotatable bonds is 8. The van der Waals surface area contributed by atoms with Crippen molar-refractivity contribution in [1.82, 2.24) is 0 Å². The molecule has 42 heavy (non-hydrogen) atoms. The van der Waals surface area contributed by atoms with Gasteiger partial charge in [0, 0.05) is 30.7 Å². The van der Waals surface area contributed by atoms with Crippen LogP contribution in [0.2, 0.25) is 0 Å². The fourth-order valence-electron chi connectivity index (χ4n) is 4.91. The van der Waals surface area contributed by atoms with Crippen LogP contribution in [0.4, 0.5) is 0 Å². The first kappa shape index (κ1) is 27.8. The van der Waals surface area contributed by atoms with Gasteiger partial charge in [-0.25, -0.2) is 0 Å². The van der Waals surface area contributed by atoms with Gasteiger partial charge in [0.25, 0.3) is 0 Å². The van der Waals surface area contributed by atoms with Crippen molar-refractivity contribution in [2.75, 3.05) is 0 Å². The van der Waals surface area contributed by atoms with E-state index in [1.54, 1.807) is 23.5 Å². The summed E-state index contributed by atoms with van der Waals surface area (Å²) in [6.07, 6.45) is 0. The normalized spacial score (nSPS) is 10.9. The SMILES string of the molecule is Cc1ccc(Sc2ccc(-c3ccccc3-c3cc(Sc4ccc(C)cc4)ccc3C(=O)c3ccccc3)cc2)cc1. The van der Waals surface area contributed by atoms with Gasteiger partial charge in [-0.05, 0) is 90.7 Å². The molecule has 0 aliphatic rings. The van der Waals surface area contributed by atoms with Gasteiger partial charge in [0.05, 0.1) is 0 Å². The van der Waals surface area contributed by atoms with Crippen molar-refractivity contribution in [3.05, 3.63) is 168 Å². The van der Waals surface area contributed by atoms with Crippen LogP contribution in [-0.2, 0) is 0 Å². The molecule has 6 aromatic rings. The molecular formula is C39H30OS2. The number of aryl methyl sites for hydroxylation is 2. The third kappa shape index (κ3) is 6.44. The molecule has 0 atom stereocenters. The largest absolute Gasteiger partial charge is 0.289 e. The second-order valence-corrected chi connectivity index (χ2v) is 12.6. The molecule has 0 saturated carbocycles. The van der Waals surface area contributed by atoms with Crippen LogP contribution in [0.15, 0.2) is 165 Å². The van der Waals surface area contributed by atoms with E-state index in [0.29, 0.717) is 11.1 Å². The number of hydrogen-bond acceptors (Lipinski definition) is 3. The highest BCUT2D eigenvalue weighted by Gasteiger charge is 2.18. The Morgan fingerprint density at radius 3 is 1.52 bits per heavy atom. The maximum absolute atomic E-state index is 13.8. The monoisotopic (exact) mass is 578 g/mol. The van der Waals surface area contributed by atoms with E-state index in [9.17, 15) is 4.79 Å². The highest BCUT2D eigenvalue weighted by molar-refractivity contribution is 7.99. The van der Waals surface area contributed by atoms with Crippen molar-refractivity contribution in [1.29, 1.82) is 0 Å². The molecule has 6 aromatic carbocycles. The lowest BCUT2D eigenvalue weighted by Gasteiger charge is -2.16. The zero-order chi connectivity index (χ0) is 28.9. The molecule has 1 nitrogen and oxygen atoms in total. The fraction of sp³-hybridized carbons (Fsp3) is 0.0513. The minimum absolute atomic E-state index is 0.0251. The Bertz CT molecular complexity index is 1820. The minimum Gasteiger partial charge on any atom is -0.289 e. The van der Waals surface area contributed by atoms with E-state index < -0.39 is 0 Å². The van der Waals surface area contributed by atoms with Crippen molar-refractivity contribution < 1.29 is 4.79 Å². The first-order valence-electron chi connectivity index (χ1n) is 14.0. The number of carbonyl (C=O) groups is 1. The van der Waals surface area contributed by atoms with Crippen molar-refractivity contribution in [2.45, 2.75) is 33.4 Å². The standard InChI is InChI=1S/C39H30OS2/c1-27-12-18-31(19-13-27)41-33-22-16-29(17-23-33)35-10-6-7-11-36(35)38-26-34(42-32-20-14-28(2)15-21-32)24-25-37(38)39(40)30-8-4-3-5-9-30/h3-26H,1-2H3. The molecule has 0 spiro atoms. The van der Waals surface area contributed by atoms with Gasteiger partial charge in [-0.2, -0.15) is 0 Å². The zero-order valence-corrected chi connectivity index (χ0v) is 25.2. The van der Waals surface area contributed by atoms with Gasteiger partial charge in [0.15, 0.2) is 5.78 Å². The van der Waals surface area contributed by atoms with Crippen molar-refractivity contribution in [3.8, 4) is 22.3 Å². The second kappa shape index (κ2) is 12.7. The summed E-state index contributed by atoms with van der Waals surface area (Å²) in [4.78, 5) is 18.5. The summed E-state index contributed by atoms with van der Waals surface area (Å²) >= 11 is 3.47. The van der Waals surface area contributed by atoms with Crippen LogP contribution in [0.25, 0.3) is 22.3 Å². The van der Waals surface area contributed by atoms with Crippen molar-refractivity contribution in [3.63, 3.8) is 0 Å². The molecule has 0 fully saturated rings. The van der Waals surface area contributed by atoms with Gasteiger partial charge in [0.1, 0.15) is 0 Å². The summed E-state index contributed by atoms with van der Waals surface area (Å²) in [5, 5.41) is 0. The molecule has 0 heterocycles. The molecule has 0 N–H and O–H groups in total. The molecule has 0 aromatic heterocycles. The number of hydrogen-bond donors (Lipinski definition) is 0. The Hall–Kier alpha value is -4.31. The number of ketones is 1. The van der Waals surface area contributed by atoms with E-state index in [-0.39, 0.29) is 5.78 Å². The van der Waals surface area contributed by atoms with Crippen LogP contribution >= 0.6 is 23.5 Å². The summed E-state index contributed by atoms with van der Waals surface area (Å²) in [5.74, 6) is 0.0251. The Balaban J connectivity index is 1.40. The zero-order valence-electron chi connectivity index (χ0n) is 23.6. The quantitative estimate of drug-likeness (QED) is 0.167. The molecule has 0 aliphatic heterocycles. The van der Waals surface area contributed by atoms with Gasteiger partial charge in [-0.3, -0.25) is 4.79 Å². The Kier molecular flexibility index (Phi) is 8.41. The molecule has 0 radical (unpaired) electrons. The van der Waals surface area contributed by atoms with Gasteiger partial charge >= 0.3 is 0 Å². The van der Waals surface area contributed by atoms with E-state index in [0.717, 1.165) is 27.1 Å². The van der Waals surface area contributed by atoms with Crippen LogP contribution < -0.4 is 0 Å². The smallest absolute Gasteiger partial charge is 0.193 e. The molecule has 6 rings (SSSR count). The minimum atomic E-state index is 0.0251. The lowest BCUT2D eigenvalue weighted by Crippen LogP contribution is -2.04. The predicted octanol–water partition coefficient (Wildman–Crippen LogP) is 11.2. The first-order chi connectivity index (χ1) is 20.5. The van der Waals surface area contributed by atoms with Crippen LogP contribution in [0.5, 0.6) is 0 Å². The highest BCUT2D eigenvalue weighted by atomic mass is 32.2. The van der Waals surface area contributed by atoms with Crippen LogP contribution in [0, 0.1) is 13.8 Å². The topological polar surface area (TPSA) is 17.1 Å². The van der Waals surface area contributed by atoms with Crippen molar-refractivity contribution in [2.24, 2.45) is 0 Å². The fourth-order valence-corrected chi connectivity index (χ4v) is 6.58. The number of carbonyl (C=O) groups excluding carboxylic acids is 1. The van der Waals surface area contributed by atoms with E-state index in [1.165, 1.54) is 25.8 Å². The molecule has 0 saturated heterocycles. The summed E-state index contributed by atoms with van der Waals surface area (Å²) in [6, 6.07) is 50.0. The Morgan fingerprint density at radius 1 is 0.452 bits per heavy atom. The maximum Gasteiger partial charge on any atom is 0.193 e. The van der Waals surface area contributed by atoms with Crippen LogP contribution in [0.1, 0.15) is 27.0 Å². The number of benzene rings is 6. The van der Waals surface area contributed by atoms with Gasteiger partial charge < -0.3 is 0 Å². The second-order valence-electron chi connectivity index (χ2n) is 10.3. The third-order valence-corrected chi connectivity index (χ3v) is 9.18. The summed E-state index contributed by atoms with van der Waals surface area (Å²) in [6.45, 7) is 4.21. The molecule has 0 unspecified atom stereocenters. The molecule has 204 valence electrons. The van der Waals surface area contributed by atoms with E-state index >= 15 is 0 Å². The lowest BCUT2D eigenvalue weighted by molar-refractivity contribution is 0.103. The summed E-state index contributed by atoms with van der Waals surface area (Å²) in [5.41, 5.74) is 8.09. The van der Waals surface area contributed by atoms with Gasteiger partial charge in [-0.15, -0.1) is 0 Å².